The van der Waals surface area contributed by atoms with Crippen molar-refractivity contribution < 1.29 is 5.11 Å². The van der Waals surface area contributed by atoms with Crippen molar-refractivity contribution in [3.05, 3.63) is 17.7 Å². The maximum atomic E-state index is 8.66. The monoisotopic (exact) mass is 155 g/mol. The fourth-order valence-corrected chi connectivity index (χ4v) is 0.906. The van der Waals surface area contributed by atoms with Gasteiger partial charge in [0.05, 0.1) is 18.6 Å². The van der Waals surface area contributed by atoms with E-state index >= 15 is 0 Å². The Balaban J connectivity index is 2.56. The van der Waals surface area contributed by atoms with Gasteiger partial charge in [0.2, 0.25) is 0 Å². The molecule has 0 spiro atoms. The first-order valence-corrected chi connectivity index (χ1v) is 3.59. The molecule has 1 unspecified atom stereocenters. The average Bonchev–Trinajstić information content (AvgIpc) is 2.37. The highest BCUT2D eigenvalue weighted by atomic mass is 16.3. The number of hydrogen-bond donors (Lipinski definition) is 3. The van der Waals surface area contributed by atoms with Gasteiger partial charge in [-0.05, 0) is 6.92 Å². The topological polar surface area (TPSA) is 74.9 Å². The van der Waals surface area contributed by atoms with E-state index < -0.39 is 0 Å². The molecule has 62 valence electrons. The Kier molecular flexibility index (Phi) is 2.62. The van der Waals surface area contributed by atoms with E-state index in [1.165, 1.54) is 0 Å². The van der Waals surface area contributed by atoms with Gasteiger partial charge >= 0.3 is 0 Å². The van der Waals surface area contributed by atoms with Gasteiger partial charge in [-0.15, -0.1) is 0 Å². The molecular formula is C7H13N3O. The molecule has 11 heavy (non-hydrogen) atoms. The molecule has 4 N–H and O–H groups in total. The number of nitrogens with two attached hydrogens (primary N) is 1. The van der Waals surface area contributed by atoms with E-state index in [0.717, 1.165) is 11.4 Å². The zero-order chi connectivity index (χ0) is 8.27. The molecule has 1 aromatic rings. The van der Waals surface area contributed by atoms with Crippen molar-refractivity contribution in [1.29, 1.82) is 0 Å². The van der Waals surface area contributed by atoms with Gasteiger partial charge in [0.25, 0.3) is 0 Å². The molecule has 1 aromatic heterocycles. The van der Waals surface area contributed by atoms with Crippen molar-refractivity contribution in [2.75, 3.05) is 6.61 Å². The third kappa shape index (κ3) is 2.03. The van der Waals surface area contributed by atoms with Crippen LogP contribution in [0.2, 0.25) is 0 Å². The van der Waals surface area contributed by atoms with Crippen LogP contribution in [0.3, 0.4) is 0 Å². The van der Waals surface area contributed by atoms with Gasteiger partial charge in [0.1, 0.15) is 0 Å². The first kappa shape index (κ1) is 8.23. The van der Waals surface area contributed by atoms with E-state index in [-0.39, 0.29) is 12.6 Å². The number of aliphatic hydroxyl groups excluding tert-OH is 1. The Morgan fingerprint density at radius 1 is 1.82 bits per heavy atom. The average molecular weight is 155 g/mol. The summed E-state index contributed by atoms with van der Waals surface area (Å²) >= 11 is 0. The predicted octanol–water partition coefficient (Wildman–Crippen LogP) is -0.420. The second-order valence-corrected chi connectivity index (χ2v) is 2.62. The fraction of sp³-hybridized carbons (Fsp3) is 0.571. The summed E-state index contributed by atoms with van der Waals surface area (Å²) in [5.74, 6) is 0. The summed E-state index contributed by atoms with van der Waals surface area (Å²) in [5, 5.41) is 8.66. The summed E-state index contributed by atoms with van der Waals surface area (Å²) in [5.41, 5.74) is 7.49. The number of imidazole rings is 1. The molecule has 0 amide bonds. The molecule has 0 saturated heterocycles. The van der Waals surface area contributed by atoms with Crippen LogP contribution in [0.15, 0.2) is 6.33 Å². The van der Waals surface area contributed by atoms with Crippen LogP contribution in [-0.4, -0.2) is 27.7 Å². The molecule has 4 heteroatoms. The quantitative estimate of drug-likeness (QED) is 0.555. The number of hydrogen-bond acceptors (Lipinski definition) is 3. The van der Waals surface area contributed by atoms with Gasteiger partial charge in [-0.1, -0.05) is 0 Å². The Bertz CT molecular complexity index is 221. The van der Waals surface area contributed by atoms with Crippen LogP contribution in [0.1, 0.15) is 11.4 Å². The minimum Gasteiger partial charge on any atom is -0.395 e. The maximum Gasteiger partial charge on any atom is 0.0925 e. The van der Waals surface area contributed by atoms with Crippen molar-refractivity contribution in [2.24, 2.45) is 5.73 Å². The van der Waals surface area contributed by atoms with Gasteiger partial charge in [-0.25, -0.2) is 4.98 Å². The van der Waals surface area contributed by atoms with E-state index in [9.17, 15) is 0 Å². The fourth-order valence-electron chi connectivity index (χ4n) is 0.906. The molecular weight excluding hydrogens is 142 g/mol. The summed E-state index contributed by atoms with van der Waals surface area (Å²) in [6.45, 7) is 1.94. The lowest BCUT2D eigenvalue weighted by atomic mass is 10.1. The zero-order valence-electron chi connectivity index (χ0n) is 6.54. The second-order valence-electron chi connectivity index (χ2n) is 2.62. The van der Waals surface area contributed by atoms with Crippen molar-refractivity contribution in [3.8, 4) is 0 Å². The Hall–Kier alpha value is -0.870. The van der Waals surface area contributed by atoms with Crippen LogP contribution in [-0.2, 0) is 6.42 Å². The third-order valence-electron chi connectivity index (χ3n) is 1.62. The summed E-state index contributed by atoms with van der Waals surface area (Å²) in [6.07, 6.45) is 2.26. The minimum atomic E-state index is -0.197. The summed E-state index contributed by atoms with van der Waals surface area (Å²) in [6, 6.07) is -0.197. The van der Waals surface area contributed by atoms with Gasteiger partial charge in [0.15, 0.2) is 0 Å². The first-order valence-electron chi connectivity index (χ1n) is 3.59. The van der Waals surface area contributed by atoms with Gasteiger partial charge in [-0.2, -0.15) is 0 Å². The number of aryl methyl sites for hydroxylation is 1. The van der Waals surface area contributed by atoms with E-state index in [1.807, 2.05) is 6.92 Å². The number of rotatable bonds is 3. The predicted molar refractivity (Wildman–Crippen MR) is 42.1 cm³/mol. The molecule has 0 radical (unpaired) electrons. The van der Waals surface area contributed by atoms with Crippen molar-refractivity contribution in [2.45, 2.75) is 19.4 Å². The molecule has 1 heterocycles. The van der Waals surface area contributed by atoms with Crippen LogP contribution < -0.4 is 5.73 Å². The Morgan fingerprint density at radius 2 is 2.55 bits per heavy atom. The van der Waals surface area contributed by atoms with E-state index in [2.05, 4.69) is 9.97 Å². The summed E-state index contributed by atoms with van der Waals surface area (Å²) in [7, 11) is 0. The molecule has 0 fully saturated rings. The number of aromatic amines is 1. The van der Waals surface area contributed by atoms with Crippen LogP contribution in [0.5, 0.6) is 0 Å². The van der Waals surface area contributed by atoms with Crippen molar-refractivity contribution >= 4 is 0 Å². The Morgan fingerprint density at radius 3 is 3.00 bits per heavy atom. The molecule has 0 aliphatic carbocycles. The largest absolute Gasteiger partial charge is 0.395 e. The van der Waals surface area contributed by atoms with Crippen LogP contribution in [0, 0.1) is 6.92 Å². The molecule has 4 nitrogen and oxygen atoms in total. The molecule has 0 saturated carbocycles. The highest BCUT2D eigenvalue weighted by Gasteiger charge is 2.06. The number of H-pyrrole nitrogens is 1. The van der Waals surface area contributed by atoms with Crippen molar-refractivity contribution in [1.82, 2.24) is 9.97 Å². The van der Waals surface area contributed by atoms with E-state index in [0.29, 0.717) is 6.42 Å². The lowest BCUT2D eigenvalue weighted by molar-refractivity contribution is 0.264. The number of aliphatic hydroxyl groups is 1. The van der Waals surface area contributed by atoms with Crippen LogP contribution in [0.4, 0.5) is 0 Å². The lowest BCUT2D eigenvalue weighted by Gasteiger charge is -2.05. The second kappa shape index (κ2) is 3.50. The van der Waals surface area contributed by atoms with Gasteiger partial charge in [0, 0.05) is 18.2 Å². The maximum absolute atomic E-state index is 8.66. The number of nitrogens with zero attached hydrogens (tertiary/aromatic N) is 1. The Labute approximate surface area is 65.5 Å². The summed E-state index contributed by atoms with van der Waals surface area (Å²) < 4.78 is 0. The third-order valence-corrected chi connectivity index (χ3v) is 1.62. The molecule has 0 aliphatic rings. The van der Waals surface area contributed by atoms with Crippen LogP contribution >= 0.6 is 0 Å². The SMILES string of the molecule is Cc1[nH]cnc1CC(N)CO. The minimum absolute atomic E-state index is 0.00625. The zero-order valence-corrected chi connectivity index (χ0v) is 6.54. The highest BCUT2D eigenvalue weighted by Crippen LogP contribution is 2.02. The van der Waals surface area contributed by atoms with Gasteiger partial charge < -0.3 is 15.8 Å². The molecule has 1 rings (SSSR count). The molecule has 0 aliphatic heterocycles. The lowest BCUT2D eigenvalue weighted by Crippen LogP contribution is -2.27. The molecule has 0 bridgehead atoms. The van der Waals surface area contributed by atoms with Gasteiger partial charge in [-0.3, -0.25) is 0 Å². The highest BCUT2D eigenvalue weighted by molar-refractivity contribution is 5.09. The smallest absolute Gasteiger partial charge is 0.0925 e. The van der Waals surface area contributed by atoms with Crippen molar-refractivity contribution in [3.63, 3.8) is 0 Å². The summed E-state index contributed by atoms with van der Waals surface area (Å²) in [4.78, 5) is 7.01. The normalized spacial score (nSPS) is 13.4. The number of aromatic nitrogens is 2. The standard InChI is InChI=1S/C7H13N3O/c1-5-7(10-4-9-5)2-6(8)3-11/h4,6,11H,2-3,8H2,1H3,(H,9,10). The van der Waals surface area contributed by atoms with Crippen LogP contribution in [0.25, 0.3) is 0 Å². The first-order chi connectivity index (χ1) is 5.24. The van der Waals surface area contributed by atoms with E-state index in [4.69, 9.17) is 10.8 Å². The molecule has 1 atom stereocenters. The molecule has 0 aromatic carbocycles. The number of nitrogens with one attached hydrogen (secondary N) is 1. The van der Waals surface area contributed by atoms with E-state index in [1.54, 1.807) is 6.33 Å².